The van der Waals surface area contributed by atoms with Crippen molar-refractivity contribution in [1.82, 2.24) is 10.2 Å². The van der Waals surface area contributed by atoms with Crippen LogP contribution >= 0.6 is 15.9 Å². The molecule has 0 bridgehead atoms. The fourth-order valence-electron chi connectivity index (χ4n) is 1.99. The van der Waals surface area contributed by atoms with E-state index < -0.39 is 0 Å². The van der Waals surface area contributed by atoms with Gasteiger partial charge in [0.05, 0.1) is 0 Å². The highest BCUT2D eigenvalue weighted by Gasteiger charge is 2.18. The van der Waals surface area contributed by atoms with Gasteiger partial charge in [0.15, 0.2) is 0 Å². The molecule has 16 heavy (non-hydrogen) atoms. The van der Waals surface area contributed by atoms with Crippen LogP contribution in [0.4, 0.5) is 4.39 Å². The zero-order valence-corrected chi connectivity index (χ0v) is 10.9. The van der Waals surface area contributed by atoms with E-state index in [0.717, 1.165) is 36.2 Å². The van der Waals surface area contributed by atoms with Crippen LogP contribution < -0.4 is 5.32 Å². The van der Waals surface area contributed by atoms with Crippen molar-refractivity contribution in [1.29, 1.82) is 0 Å². The molecule has 1 aliphatic heterocycles. The molecule has 1 aliphatic rings. The Morgan fingerprint density at radius 1 is 1.56 bits per heavy atom. The molecular weight excluding hydrogens is 271 g/mol. The maximum atomic E-state index is 12.9. The molecule has 2 rings (SSSR count). The lowest BCUT2D eigenvalue weighted by molar-refractivity contribution is 0.165. The van der Waals surface area contributed by atoms with Gasteiger partial charge in [-0.05, 0) is 24.6 Å². The van der Waals surface area contributed by atoms with E-state index in [1.165, 1.54) is 12.1 Å². The van der Waals surface area contributed by atoms with Gasteiger partial charge in [-0.25, -0.2) is 4.39 Å². The number of piperazine rings is 1. The third-order valence-electron chi connectivity index (χ3n) is 3.03. The van der Waals surface area contributed by atoms with Gasteiger partial charge in [-0.2, -0.15) is 0 Å². The molecule has 4 heteroatoms. The van der Waals surface area contributed by atoms with Crippen LogP contribution in [0, 0.1) is 5.82 Å². The maximum absolute atomic E-state index is 12.9. The van der Waals surface area contributed by atoms with Crippen molar-refractivity contribution in [3.63, 3.8) is 0 Å². The van der Waals surface area contributed by atoms with Crippen LogP contribution in [0.2, 0.25) is 0 Å². The van der Waals surface area contributed by atoms with Crippen LogP contribution in [0.15, 0.2) is 22.7 Å². The van der Waals surface area contributed by atoms with Crippen LogP contribution in [0.25, 0.3) is 0 Å². The van der Waals surface area contributed by atoms with E-state index in [-0.39, 0.29) is 5.82 Å². The average Bonchev–Trinajstić information content (AvgIpc) is 2.25. The van der Waals surface area contributed by atoms with Gasteiger partial charge in [-0.15, -0.1) is 0 Å². The highest BCUT2D eigenvalue weighted by Crippen LogP contribution is 2.20. The van der Waals surface area contributed by atoms with Gasteiger partial charge in [0, 0.05) is 36.7 Å². The number of benzene rings is 1. The predicted octanol–water partition coefficient (Wildman–Crippen LogP) is 2.38. The van der Waals surface area contributed by atoms with Crippen molar-refractivity contribution in [3.05, 3.63) is 34.1 Å². The summed E-state index contributed by atoms with van der Waals surface area (Å²) in [6.45, 7) is 6.19. The molecule has 1 aromatic rings. The molecule has 1 fully saturated rings. The Hall–Kier alpha value is -0.450. The van der Waals surface area contributed by atoms with Gasteiger partial charge in [0.1, 0.15) is 5.82 Å². The molecule has 1 aromatic carbocycles. The van der Waals surface area contributed by atoms with Crippen molar-refractivity contribution < 1.29 is 4.39 Å². The smallest absolute Gasteiger partial charge is 0.124 e. The fraction of sp³-hybridized carbons (Fsp3) is 0.500. The van der Waals surface area contributed by atoms with Crippen LogP contribution in [0.1, 0.15) is 12.5 Å². The lowest BCUT2D eigenvalue weighted by atomic mass is 10.1. The first-order chi connectivity index (χ1) is 7.66. The second-order valence-electron chi connectivity index (χ2n) is 4.26. The van der Waals surface area contributed by atoms with E-state index in [1.807, 2.05) is 6.07 Å². The lowest BCUT2D eigenvalue weighted by Crippen LogP contribution is -2.49. The van der Waals surface area contributed by atoms with E-state index in [4.69, 9.17) is 0 Å². The standard InChI is InChI=1S/C12H16BrFN2/c1-9-7-15-4-5-16(9)8-10-2-3-11(14)6-12(10)13/h2-3,6,9,15H,4-5,7-8H2,1H3/t9-/m1/s1. The van der Waals surface area contributed by atoms with Crippen molar-refractivity contribution in [2.75, 3.05) is 19.6 Å². The number of halogens is 2. The van der Waals surface area contributed by atoms with E-state index in [1.54, 1.807) is 0 Å². The first kappa shape index (κ1) is 12.0. The molecule has 0 amide bonds. The van der Waals surface area contributed by atoms with Gasteiger partial charge in [0.2, 0.25) is 0 Å². The summed E-state index contributed by atoms with van der Waals surface area (Å²) < 4.78 is 13.8. The summed E-state index contributed by atoms with van der Waals surface area (Å²) >= 11 is 3.41. The molecule has 1 heterocycles. The Morgan fingerprint density at radius 2 is 2.38 bits per heavy atom. The zero-order chi connectivity index (χ0) is 11.5. The summed E-state index contributed by atoms with van der Waals surface area (Å²) in [5.41, 5.74) is 1.15. The molecule has 0 aliphatic carbocycles. The molecule has 0 aromatic heterocycles. The first-order valence-electron chi connectivity index (χ1n) is 5.55. The second kappa shape index (κ2) is 5.25. The van der Waals surface area contributed by atoms with Crippen LogP contribution in [0.5, 0.6) is 0 Å². The van der Waals surface area contributed by atoms with E-state index in [0.29, 0.717) is 6.04 Å². The lowest BCUT2D eigenvalue weighted by Gasteiger charge is -2.34. The zero-order valence-electron chi connectivity index (χ0n) is 9.34. The van der Waals surface area contributed by atoms with Crippen LogP contribution in [-0.2, 0) is 6.54 Å². The first-order valence-corrected chi connectivity index (χ1v) is 6.35. The Bertz CT molecular complexity index is 370. The summed E-state index contributed by atoms with van der Waals surface area (Å²) in [5.74, 6) is -0.191. The Balaban J connectivity index is 2.07. The summed E-state index contributed by atoms with van der Waals surface area (Å²) in [5, 5.41) is 3.36. The Labute approximate surface area is 104 Å². The van der Waals surface area contributed by atoms with Crippen molar-refractivity contribution in [2.45, 2.75) is 19.5 Å². The quantitative estimate of drug-likeness (QED) is 0.898. The van der Waals surface area contributed by atoms with E-state index in [2.05, 4.69) is 33.1 Å². The van der Waals surface area contributed by atoms with Crippen molar-refractivity contribution in [3.8, 4) is 0 Å². The minimum absolute atomic E-state index is 0.191. The molecule has 0 spiro atoms. The van der Waals surface area contributed by atoms with Gasteiger partial charge >= 0.3 is 0 Å². The topological polar surface area (TPSA) is 15.3 Å². The van der Waals surface area contributed by atoms with Gasteiger partial charge < -0.3 is 5.32 Å². The Kier molecular flexibility index (Phi) is 3.95. The minimum atomic E-state index is -0.191. The fourth-order valence-corrected chi connectivity index (χ4v) is 2.46. The summed E-state index contributed by atoms with van der Waals surface area (Å²) in [6.07, 6.45) is 0. The summed E-state index contributed by atoms with van der Waals surface area (Å²) in [7, 11) is 0. The predicted molar refractivity (Wildman–Crippen MR) is 66.8 cm³/mol. The molecular formula is C12H16BrFN2. The molecule has 0 radical (unpaired) electrons. The van der Waals surface area contributed by atoms with Gasteiger partial charge in [0.25, 0.3) is 0 Å². The third kappa shape index (κ3) is 2.81. The minimum Gasteiger partial charge on any atom is -0.314 e. The molecule has 0 saturated carbocycles. The largest absolute Gasteiger partial charge is 0.314 e. The van der Waals surface area contributed by atoms with Crippen molar-refractivity contribution in [2.24, 2.45) is 0 Å². The van der Waals surface area contributed by atoms with Crippen LogP contribution in [0.3, 0.4) is 0 Å². The molecule has 0 unspecified atom stereocenters. The summed E-state index contributed by atoms with van der Waals surface area (Å²) in [6, 6.07) is 5.44. The Morgan fingerprint density at radius 3 is 3.06 bits per heavy atom. The number of nitrogens with one attached hydrogen (secondary N) is 1. The maximum Gasteiger partial charge on any atom is 0.124 e. The van der Waals surface area contributed by atoms with Gasteiger partial charge in [-0.3, -0.25) is 4.90 Å². The summed E-state index contributed by atoms with van der Waals surface area (Å²) in [4.78, 5) is 2.41. The molecule has 88 valence electrons. The highest BCUT2D eigenvalue weighted by atomic mass is 79.9. The number of hydrogen-bond acceptors (Lipinski definition) is 2. The normalized spacial score (nSPS) is 22.3. The number of hydrogen-bond donors (Lipinski definition) is 1. The number of nitrogens with zero attached hydrogens (tertiary/aromatic N) is 1. The third-order valence-corrected chi connectivity index (χ3v) is 3.77. The molecule has 1 saturated heterocycles. The van der Waals surface area contributed by atoms with Crippen molar-refractivity contribution >= 4 is 15.9 Å². The van der Waals surface area contributed by atoms with E-state index in [9.17, 15) is 4.39 Å². The number of rotatable bonds is 2. The SMILES string of the molecule is C[C@@H]1CNCCN1Cc1ccc(F)cc1Br. The molecule has 1 atom stereocenters. The molecule has 2 nitrogen and oxygen atoms in total. The second-order valence-corrected chi connectivity index (χ2v) is 5.11. The molecule has 1 N–H and O–H groups in total. The van der Waals surface area contributed by atoms with E-state index >= 15 is 0 Å². The van der Waals surface area contributed by atoms with Crippen LogP contribution in [-0.4, -0.2) is 30.6 Å². The highest BCUT2D eigenvalue weighted by molar-refractivity contribution is 9.10. The monoisotopic (exact) mass is 286 g/mol. The van der Waals surface area contributed by atoms with Gasteiger partial charge in [-0.1, -0.05) is 22.0 Å². The average molecular weight is 287 g/mol.